The Morgan fingerprint density at radius 3 is 2.50 bits per heavy atom. The Bertz CT molecular complexity index is 1600. The molecule has 0 aliphatic carbocycles. The summed E-state index contributed by atoms with van der Waals surface area (Å²) in [6.45, 7) is -1.49. The first-order valence-corrected chi connectivity index (χ1v) is 16.0. The first-order chi connectivity index (χ1) is 19.7. The van der Waals surface area contributed by atoms with Crippen LogP contribution in [0.1, 0.15) is 18.9 Å². The van der Waals surface area contributed by atoms with Gasteiger partial charge in [0.25, 0.3) is 0 Å². The highest BCUT2D eigenvalue weighted by atomic mass is 127. The number of rotatable bonds is 10. The average Bonchev–Trinajstić information content (AvgIpc) is 3.58. The van der Waals surface area contributed by atoms with Gasteiger partial charge in [0.1, 0.15) is 58.1 Å². The van der Waals surface area contributed by atoms with Crippen LogP contribution in [-0.2, 0) is 32.2 Å². The third-order valence-electron chi connectivity index (χ3n) is 6.35. The van der Waals surface area contributed by atoms with E-state index in [1.54, 1.807) is 0 Å². The first-order valence-electron chi connectivity index (χ1n) is 11.9. The van der Waals surface area contributed by atoms with Crippen LogP contribution in [-0.4, -0.2) is 97.7 Å². The molecule has 2 aliphatic heterocycles. The largest absolute Gasteiger partial charge is 0.472 e. The molecule has 0 amide bonds. The number of fused-ring (bicyclic) bond motifs is 1. The van der Waals surface area contributed by atoms with E-state index in [4.69, 9.17) is 34.0 Å². The SMILES string of the molecule is Nc1ccn([C@H]2C[C@H](OP(=O)(O)OCC3OC(n4cnc5c(I)ncnc54)[C@H](O)[C@@H]3O)C(COP(=O)(O)O)O2)c(=O)n1. The van der Waals surface area contributed by atoms with Gasteiger partial charge in [0.2, 0.25) is 0 Å². The Morgan fingerprint density at radius 2 is 1.79 bits per heavy atom. The quantitative estimate of drug-likeness (QED) is 0.0806. The van der Waals surface area contributed by atoms with Gasteiger partial charge in [-0.1, -0.05) is 0 Å². The number of aromatic nitrogens is 6. The molecular formula is C19H24IN7O13P2. The van der Waals surface area contributed by atoms with Crippen molar-refractivity contribution in [3.05, 3.63) is 39.1 Å². The molecule has 42 heavy (non-hydrogen) atoms. The highest BCUT2D eigenvalue weighted by Crippen LogP contribution is 2.49. The van der Waals surface area contributed by atoms with Gasteiger partial charge >= 0.3 is 21.3 Å². The number of aliphatic hydroxyl groups excluding tert-OH is 2. The van der Waals surface area contributed by atoms with Gasteiger partial charge < -0.3 is 40.1 Å². The minimum absolute atomic E-state index is 0.0652. The monoisotopic (exact) mass is 747 g/mol. The molecule has 0 spiro atoms. The number of nitrogens with two attached hydrogens (primary N) is 1. The van der Waals surface area contributed by atoms with Crippen LogP contribution in [0.15, 0.2) is 29.7 Å². The molecular weight excluding hydrogens is 723 g/mol. The van der Waals surface area contributed by atoms with Gasteiger partial charge in [0.15, 0.2) is 11.9 Å². The van der Waals surface area contributed by atoms with Gasteiger partial charge in [-0.3, -0.25) is 22.7 Å². The smallest absolute Gasteiger partial charge is 0.387 e. The van der Waals surface area contributed by atoms with Crippen molar-refractivity contribution < 1.29 is 57.1 Å². The number of hydrogen-bond donors (Lipinski definition) is 6. The van der Waals surface area contributed by atoms with Gasteiger partial charge in [0.05, 0.1) is 19.5 Å². The lowest BCUT2D eigenvalue weighted by Crippen LogP contribution is -2.34. The summed E-state index contributed by atoms with van der Waals surface area (Å²) >= 11 is 1.95. The molecule has 3 aromatic heterocycles. The maximum absolute atomic E-state index is 12.9. The third-order valence-corrected chi connectivity index (χ3v) is 8.63. The average molecular weight is 747 g/mol. The Kier molecular flexibility index (Phi) is 9.13. The normalized spacial score (nSPS) is 29.7. The molecule has 2 fully saturated rings. The zero-order valence-corrected chi connectivity index (χ0v) is 25.0. The van der Waals surface area contributed by atoms with Gasteiger partial charge in [-0.25, -0.2) is 28.9 Å². The van der Waals surface area contributed by atoms with Crippen LogP contribution in [0.25, 0.3) is 11.2 Å². The number of hydrogen-bond acceptors (Lipinski definition) is 15. The molecule has 0 bridgehead atoms. The number of phosphoric ester groups is 2. The number of nitrogens with zero attached hydrogens (tertiary/aromatic N) is 6. The molecule has 23 heteroatoms. The zero-order valence-electron chi connectivity index (χ0n) is 21.0. The topological polar surface area (TPSA) is 286 Å². The van der Waals surface area contributed by atoms with Crippen molar-refractivity contribution in [3.8, 4) is 0 Å². The number of ether oxygens (including phenoxy) is 2. The molecule has 4 unspecified atom stereocenters. The molecule has 8 atom stereocenters. The summed E-state index contributed by atoms with van der Waals surface area (Å²) < 4.78 is 53.1. The van der Waals surface area contributed by atoms with E-state index in [9.17, 15) is 29.0 Å². The van der Waals surface area contributed by atoms with E-state index in [1.165, 1.54) is 29.5 Å². The van der Waals surface area contributed by atoms with Crippen LogP contribution in [0.4, 0.5) is 5.82 Å². The molecule has 0 aromatic carbocycles. The molecule has 0 radical (unpaired) electrons. The number of imidazole rings is 1. The van der Waals surface area contributed by atoms with Gasteiger partial charge in [-0.2, -0.15) is 4.98 Å². The van der Waals surface area contributed by atoms with Crippen molar-refractivity contribution in [1.82, 2.24) is 29.1 Å². The lowest BCUT2D eigenvalue weighted by atomic mass is 10.1. The highest BCUT2D eigenvalue weighted by molar-refractivity contribution is 14.1. The molecule has 3 aromatic rings. The minimum atomic E-state index is -4.97. The molecule has 0 saturated carbocycles. The molecule has 2 saturated heterocycles. The lowest BCUT2D eigenvalue weighted by Gasteiger charge is -2.22. The summed E-state index contributed by atoms with van der Waals surface area (Å²) in [7, 11) is -9.94. The van der Waals surface area contributed by atoms with E-state index >= 15 is 0 Å². The molecule has 5 rings (SSSR count). The lowest BCUT2D eigenvalue weighted by molar-refractivity contribution is -0.0588. The number of phosphoric acid groups is 2. The van der Waals surface area contributed by atoms with Crippen LogP contribution in [0.3, 0.4) is 0 Å². The summed E-state index contributed by atoms with van der Waals surface area (Å²) in [5.74, 6) is -0.0652. The summed E-state index contributed by atoms with van der Waals surface area (Å²) in [6.07, 6.45) is -5.73. The second-order valence-electron chi connectivity index (χ2n) is 9.14. The maximum Gasteiger partial charge on any atom is 0.472 e. The van der Waals surface area contributed by atoms with Crippen LogP contribution in [0, 0.1) is 3.70 Å². The predicted molar refractivity (Wildman–Crippen MR) is 144 cm³/mol. The zero-order chi connectivity index (χ0) is 30.4. The fourth-order valence-corrected chi connectivity index (χ4v) is 6.23. The number of nitrogen functional groups attached to an aromatic ring is 1. The minimum Gasteiger partial charge on any atom is -0.387 e. The van der Waals surface area contributed by atoms with Gasteiger partial charge in [0, 0.05) is 12.6 Å². The van der Waals surface area contributed by atoms with Gasteiger partial charge in [-0.15, -0.1) is 0 Å². The molecule has 2 aliphatic rings. The summed E-state index contributed by atoms with van der Waals surface area (Å²) in [6, 6.07) is 1.30. The summed E-state index contributed by atoms with van der Waals surface area (Å²) in [5, 5.41) is 21.1. The third kappa shape index (κ3) is 6.88. The van der Waals surface area contributed by atoms with Crippen molar-refractivity contribution in [1.29, 1.82) is 0 Å². The van der Waals surface area contributed by atoms with E-state index in [0.717, 1.165) is 4.57 Å². The second-order valence-corrected chi connectivity index (χ2v) is 12.8. The summed E-state index contributed by atoms with van der Waals surface area (Å²) in [4.78, 5) is 56.7. The van der Waals surface area contributed by atoms with Crippen molar-refractivity contribution in [2.45, 2.75) is 49.4 Å². The van der Waals surface area contributed by atoms with Crippen LogP contribution in [0.2, 0.25) is 0 Å². The Hall–Kier alpha value is -1.98. The van der Waals surface area contributed by atoms with Crippen LogP contribution in [0.5, 0.6) is 0 Å². The molecule has 7 N–H and O–H groups in total. The van der Waals surface area contributed by atoms with Crippen molar-refractivity contribution in [3.63, 3.8) is 0 Å². The van der Waals surface area contributed by atoms with E-state index in [0.29, 0.717) is 14.9 Å². The Morgan fingerprint density at radius 1 is 1.05 bits per heavy atom. The highest BCUT2D eigenvalue weighted by Gasteiger charge is 2.47. The van der Waals surface area contributed by atoms with Crippen LogP contribution < -0.4 is 11.4 Å². The Balaban J connectivity index is 1.26. The van der Waals surface area contributed by atoms with Crippen LogP contribution >= 0.6 is 38.2 Å². The second kappa shape index (κ2) is 12.2. The fraction of sp³-hybridized carbons (Fsp3) is 0.526. The van der Waals surface area contributed by atoms with Crippen molar-refractivity contribution in [2.24, 2.45) is 0 Å². The van der Waals surface area contributed by atoms with Crippen molar-refractivity contribution in [2.75, 3.05) is 18.9 Å². The Labute approximate surface area is 248 Å². The first kappa shape index (κ1) is 31.4. The number of aliphatic hydroxyl groups is 2. The summed E-state index contributed by atoms with van der Waals surface area (Å²) in [5.41, 5.74) is 5.43. The molecule has 5 heterocycles. The van der Waals surface area contributed by atoms with E-state index in [-0.39, 0.29) is 12.2 Å². The predicted octanol–water partition coefficient (Wildman–Crippen LogP) is -1.21. The van der Waals surface area contributed by atoms with Crippen molar-refractivity contribution >= 4 is 55.2 Å². The van der Waals surface area contributed by atoms with E-state index in [1.807, 2.05) is 22.6 Å². The maximum atomic E-state index is 12.9. The molecule has 230 valence electrons. The van der Waals surface area contributed by atoms with E-state index in [2.05, 4.69) is 24.5 Å². The number of anilines is 1. The standard InChI is InChI=1S/C19H24IN7O13P2/c20-16-13-17(23-6-22-16)27(7-24-13)18-15(29)14(28)10(39-18)5-37-42(34,35)40-8-3-12(26-2-1-11(21)25-19(26)30)38-9(8)4-36-41(31,32)33/h1-2,6-10,12,14-15,18,28-29H,3-5H2,(H,34,35)(H2,21,25,30)(H2,31,32,33)/t8-,9?,10?,12+,14+,15+,18?/m0/s1. The van der Waals surface area contributed by atoms with E-state index < -0.39 is 77.5 Å². The number of halogens is 1. The van der Waals surface area contributed by atoms with Gasteiger partial charge in [-0.05, 0) is 28.7 Å². The molecule has 20 nitrogen and oxygen atoms in total. The fourth-order valence-electron chi connectivity index (χ4n) is 4.42.